The van der Waals surface area contributed by atoms with Gasteiger partial charge in [-0.1, -0.05) is 23.6 Å². The maximum absolute atomic E-state index is 12.7. The van der Waals surface area contributed by atoms with E-state index in [9.17, 15) is 14.7 Å². The Balaban J connectivity index is 1.89. The third-order valence-electron chi connectivity index (χ3n) is 4.29. The number of carbonyl (C=O) groups excluding carboxylic acids is 1. The molecule has 0 unspecified atom stereocenters. The van der Waals surface area contributed by atoms with Gasteiger partial charge in [0.05, 0.1) is 27.8 Å². The third kappa shape index (κ3) is 5.25. The third-order valence-corrected chi connectivity index (χ3v) is 5.67. The number of nitrogens with zero attached hydrogens (tertiary/aromatic N) is 2. The number of aromatic carboxylic acids is 1. The zero-order valence-corrected chi connectivity index (χ0v) is 18.9. The first-order valence-corrected chi connectivity index (χ1v) is 10.7. The summed E-state index contributed by atoms with van der Waals surface area (Å²) in [5.74, 6) is 2.08. The second-order valence-electron chi connectivity index (χ2n) is 6.47. The molecule has 1 aliphatic rings. The first kappa shape index (κ1) is 23.3. The molecular formula is C23H19ClN2O5S. The van der Waals surface area contributed by atoms with Crippen molar-refractivity contribution in [3.05, 3.63) is 57.5 Å². The number of carbonyl (C=O) groups is 2. The van der Waals surface area contributed by atoms with Gasteiger partial charge in [0.25, 0.3) is 5.91 Å². The second kappa shape index (κ2) is 10.3. The number of thioether (sulfide) groups is 1. The van der Waals surface area contributed by atoms with Crippen LogP contribution >= 0.6 is 23.4 Å². The molecule has 1 amide bonds. The molecule has 2 aromatic rings. The van der Waals surface area contributed by atoms with Crippen molar-refractivity contribution >= 4 is 52.2 Å². The number of amidine groups is 1. The predicted molar refractivity (Wildman–Crippen MR) is 126 cm³/mol. The zero-order valence-electron chi connectivity index (χ0n) is 17.3. The quantitative estimate of drug-likeness (QED) is 0.466. The van der Waals surface area contributed by atoms with Gasteiger partial charge in [0, 0.05) is 7.05 Å². The maximum atomic E-state index is 12.7. The average Bonchev–Trinajstić information content (AvgIpc) is 3.02. The lowest BCUT2D eigenvalue weighted by Gasteiger charge is -2.11. The number of hydrogen-bond acceptors (Lipinski definition) is 6. The van der Waals surface area contributed by atoms with Crippen LogP contribution in [0, 0.1) is 12.3 Å². The summed E-state index contributed by atoms with van der Waals surface area (Å²) in [5, 5.41) is 9.77. The minimum absolute atomic E-state index is 0.0585. The number of aliphatic imine (C=N–C) groups is 1. The Labute approximate surface area is 194 Å². The molecule has 1 N–H and O–H groups in total. The second-order valence-corrected chi connectivity index (χ2v) is 7.89. The van der Waals surface area contributed by atoms with Gasteiger partial charge in [0.1, 0.15) is 6.61 Å². The van der Waals surface area contributed by atoms with Crippen molar-refractivity contribution in [2.24, 2.45) is 4.99 Å². The van der Waals surface area contributed by atoms with E-state index >= 15 is 0 Å². The van der Waals surface area contributed by atoms with Crippen LogP contribution in [0.1, 0.15) is 22.8 Å². The van der Waals surface area contributed by atoms with Crippen LogP contribution in [0.2, 0.25) is 5.02 Å². The Morgan fingerprint density at radius 2 is 2.06 bits per heavy atom. The lowest BCUT2D eigenvalue weighted by molar-refractivity contribution is -0.121. The number of halogens is 1. The molecule has 7 nitrogen and oxygen atoms in total. The number of benzene rings is 2. The van der Waals surface area contributed by atoms with Crippen LogP contribution in [-0.2, 0) is 4.79 Å². The molecule has 0 aromatic heterocycles. The summed E-state index contributed by atoms with van der Waals surface area (Å²) in [6, 6.07) is 9.71. The Morgan fingerprint density at radius 3 is 2.75 bits per heavy atom. The predicted octanol–water partition coefficient (Wildman–Crippen LogP) is 4.68. The minimum Gasteiger partial charge on any atom is -0.490 e. The number of carboxylic acids is 1. The van der Waals surface area contributed by atoms with E-state index in [1.165, 1.54) is 28.8 Å². The number of terminal acetylenes is 1. The van der Waals surface area contributed by atoms with E-state index in [4.69, 9.17) is 27.5 Å². The van der Waals surface area contributed by atoms with Gasteiger partial charge >= 0.3 is 5.97 Å². The Bertz CT molecular complexity index is 1170. The molecule has 164 valence electrons. The first-order valence-electron chi connectivity index (χ1n) is 9.46. The minimum atomic E-state index is -1.15. The highest BCUT2D eigenvalue weighted by Gasteiger charge is 2.30. The van der Waals surface area contributed by atoms with Crippen LogP contribution in [0.3, 0.4) is 0 Å². The molecule has 9 heteroatoms. The van der Waals surface area contributed by atoms with Crippen molar-refractivity contribution in [2.45, 2.75) is 6.92 Å². The highest BCUT2D eigenvalue weighted by Crippen LogP contribution is 2.35. The largest absolute Gasteiger partial charge is 0.490 e. The topological polar surface area (TPSA) is 88.4 Å². The van der Waals surface area contributed by atoms with Crippen molar-refractivity contribution in [3.8, 4) is 23.8 Å². The summed E-state index contributed by atoms with van der Waals surface area (Å²) >= 11 is 7.09. The smallest absolute Gasteiger partial charge is 0.337 e. The van der Waals surface area contributed by atoms with E-state index in [1.807, 2.05) is 6.92 Å². The number of carboxylic acid groups (broad SMARTS) is 1. The van der Waals surface area contributed by atoms with E-state index in [-0.39, 0.29) is 23.1 Å². The molecule has 32 heavy (non-hydrogen) atoms. The van der Waals surface area contributed by atoms with Gasteiger partial charge in [0.2, 0.25) is 0 Å². The van der Waals surface area contributed by atoms with Gasteiger partial charge in [-0.2, -0.15) is 0 Å². The van der Waals surface area contributed by atoms with Gasteiger partial charge < -0.3 is 14.6 Å². The lowest BCUT2D eigenvalue weighted by atomic mass is 10.2. The van der Waals surface area contributed by atoms with Crippen molar-refractivity contribution in [3.63, 3.8) is 0 Å². The van der Waals surface area contributed by atoms with E-state index in [0.717, 1.165) is 5.56 Å². The normalized spacial score (nSPS) is 15.8. The molecule has 0 radical (unpaired) electrons. The van der Waals surface area contributed by atoms with E-state index in [0.29, 0.717) is 33.9 Å². The Morgan fingerprint density at radius 1 is 1.28 bits per heavy atom. The molecule has 1 aliphatic heterocycles. The van der Waals surface area contributed by atoms with Crippen molar-refractivity contribution in [2.75, 3.05) is 20.3 Å². The maximum Gasteiger partial charge on any atom is 0.337 e. The summed E-state index contributed by atoms with van der Waals surface area (Å²) in [4.78, 5) is 30.3. The van der Waals surface area contributed by atoms with Crippen molar-refractivity contribution in [1.82, 2.24) is 4.90 Å². The van der Waals surface area contributed by atoms with Crippen LogP contribution < -0.4 is 9.47 Å². The average molecular weight is 471 g/mol. The number of amides is 1. The fourth-order valence-electron chi connectivity index (χ4n) is 2.78. The lowest BCUT2D eigenvalue weighted by Crippen LogP contribution is -2.23. The molecule has 0 bridgehead atoms. The van der Waals surface area contributed by atoms with Crippen LogP contribution in [0.5, 0.6) is 11.5 Å². The van der Waals surface area contributed by atoms with Crippen LogP contribution in [0.15, 0.2) is 46.3 Å². The number of likely N-dealkylation sites (N-methyl/N-ethyl adjacent to an activating group) is 1. The summed E-state index contributed by atoms with van der Waals surface area (Å²) in [6.45, 7) is 2.42. The molecule has 3 rings (SSSR count). The van der Waals surface area contributed by atoms with Gasteiger partial charge in [0.15, 0.2) is 16.7 Å². The standard InChI is InChI=1S/C23H19ClN2O5S/c1-4-10-31-18-9-6-14(11-19(18)30-5-2)12-20-21(27)26(3)23(32-20)25-15-7-8-17(24)16(13-15)22(28)29/h1,6-9,11-13H,5,10H2,2-3H3,(H,28,29)/b20-12-,25-23?. The molecule has 1 fully saturated rings. The molecule has 0 spiro atoms. The van der Waals surface area contributed by atoms with Gasteiger partial charge in [-0.05, 0) is 60.7 Å². The summed E-state index contributed by atoms with van der Waals surface area (Å²) in [6.07, 6.45) is 6.98. The summed E-state index contributed by atoms with van der Waals surface area (Å²) < 4.78 is 11.1. The zero-order chi connectivity index (χ0) is 23.3. The SMILES string of the molecule is C#CCOc1ccc(/C=C2\SC(=Nc3ccc(Cl)c(C(=O)O)c3)N(C)C2=O)cc1OCC. The van der Waals surface area contributed by atoms with Crippen LogP contribution in [0.4, 0.5) is 5.69 Å². The Kier molecular flexibility index (Phi) is 7.46. The monoisotopic (exact) mass is 470 g/mol. The highest BCUT2D eigenvalue weighted by molar-refractivity contribution is 8.18. The molecule has 1 heterocycles. The molecule has 0 aliphatic carbocycles. The fraction of sp³-hybridized carbons (Fsp3) is 0.174. The Hall–Kier alpha value is -3.41. The highest BCUT2D eigenvalue weighted by atomic mass is 35.5. The number of ether oxygens (including phenoxy) is 2. The number of hydrogen-bond donors (Lipinski definition) is 1. The fourth-order valence-corrected chi connectivity index (χ4v) is 3.97. The van der Waals surface area contributed by atoms with Crippen molar-refractivity contribution in [1.29, 1.82) is 0 Å². The van der Waals surface area contributed by atoms with Crippen LogP contribution in [0.25, 0.3) is 6.08 Å². The van der Waals surface area contributed by atoms with E-state index in [1.54, 1.807) is 37.4 Å². The van der Waals surface area contributed by atoms with E-state index < -0.39 is 5.97 Å². The summed E-state index contributed by atoms with van der Waals surface area (Å²) in [7, 11) is 1.60. The molecule has 0 saturated carbocycles. The number of rotatable bonds is 7. The van der Waals surface area contributed by atoms with Crippen LogP contribution in [-0.4, -0.2) is 47.3 Å². The van der Waals surface area contributed by atoms with E-state index in [2.05, 4.69) is 10.9 Å². The molecular weight excluding hydrogens is 452 g/mol. The summed E-state index contributed by atoms with van der Waals surface area (Å²) in [5.41, 5.74) is 1.06. The van der Waals surface area contributed by atoms with Crippen molar-refractivity contribution < 1.29 is 24.2 Å². The van der Waals surface area contributed by atoms with Gasteiger partial charge in [-0.25, -0.2) is 9.79 Å². The molecule has 0 atom stereocenters. The first-order chi connectivity index (χ1) is 15.3. The molecule has 2 aromatic carbocycles. The van der Waals surface area contributed by atoms with Gasteiger partial charge in [-0.15, -0.1) is 6.42 Å². The van der Waals surface area contributed by atoms with Gasteiger partial charge in [-0.3, -0.25) is 9.69 Å². The molecule has 1 saturated heterocycles.